The van der Waals surface area contributed by atoms with Crippen molar-refractivity contribution in [2.75, 3.05) is 39.4 Å². The van der Waals surface area contributed by atoms with Crippen LogP contribution in [0.25, 0.3) is 0 Å². The number of hydrogen-bond acceptors (Lipinski definition) is 5. The smallest absolute Gasteiger partial charge is 0.256 e. The van der Waals surface area contributed by atoms with Crippen molar-refractivity contribution in [2.45, 2.75) is 13.0 Å². The number of carbonyl (C=O) groups is 1. The van der Waals surface area contributed by atoms with Crippen LogP contribution in [0.5, 0.6) is 0 Å². The number of hydrazine groups is 1. The van der Waals surface area contributed by atoms with Gasteiger partial charge in [-0.15, -0.1) is 0 Å². The van der Waals surface area contributed by atoms with Gasteiger partial charge in [0.05, 0.1) is 30.5 Å². The summed E-state index contributed by atoms with van der Waals surface area (Å²) in [5.74, 6) is 5.29. The van der Waals surface area contributed by atoms with Crippen molar-refractivity contribution in [1.29, 1.82) is 0 Å². The molecule has 1 amide bonds. The molecule has 0 aliphatic heterocycles. The Labute approximate surface area is 130 Å². The minimum Gasteiger partial charge on any atom is -0.383 e. The molecule has 0 saturated carbocycles. The van der Waals surface area contributed by atoms with Gasteiger partial charge in [0.25, 0.3) is 5.91 Å². The van der Waals surface area contributed by atoms with Crippen LogP contribution >= 0.6 is 11.6 Å². The van der Waals surface area contributed by atoms with Gasteiger partial charge in [-0.05, 0) is 25.1 Å². The number of nitrogens with two attached hydrogens (primary N) is 1. The van der Waals surface area contributed by atoms with Gasteiger partial charge in [-0.2, -0.15) is 0 Å². The number of halogens is 1. The lowest BCUT2D eigenvalue weighted by Crippen LogP contribution is -2.43. The number of benzene rings is 1. The fourth-order valence-electron chi connectivity index (χ4n) is 2.02. The number of nitrogens with one attached hydrogen (secondary N) is 1. The molecule has 3 N–H and O–H groups in total. The van der Waals surface area contributed by atoms with Crippen LogP contribution in [0.2, 0.25) is 5.02 Å². The Kier molecular flexibility index (Phi) is 7.45. The molecule has 1 aromatic rings. The van der Waals surface area contributed by atoms with Gasteiger partial charge in [-0.25, -0.2) is 0 Å². The summed E-state index contributed by atoms with van der Waals surface area (Å²) in [4.78, 5) is 14.4. The highest BCUT2D eigenvalue weighted by Crippen LogP contribution is 2.22. The summed E-state index contributed by atoms with van der Waals surface area (Å²) in [6.07, 6.45) is 0. The number of amides is 1. The molecule has 6 nitrogen and oxygen atoms in total. The van der Waals surface area contributed by atoms with Crippen LogP contribution in [0.15, 0.2) is 18.2 Å². The van der Waals surface area contributed by atoms with Gasteiger partial charge in [-0.3, -0.25) is 10.6 Å². The second kappa shape index (κ2) is 8.84. The Hall–Kier alpha value is -1.34. The number of rotatable bonds is 8. The average Bonchev–Trinajstić information content (AvgIpc) is 2.47. The number of ether oxygens (including phenoxy) is 2. The van der Waals surface area contributed by atoms with E-state index in [2.05, 4.69) is 5.43 Å². The molecule has 7 heteroatoms. The lowest BCUT2D eigenvalue weighted by Gasteiger charge is -2.29. The Bertz CT molecular complexity index is 471. The van der Waals surface area contributed by atoms with E-state index >= 15 is 0 Å². The zero-order chi connectivity index (χ0) is 15.8. The second-order valence-electron chi connectivity index (χ2n) is 4.63. The molecule has 118 valence electrons. The molecule has 0 fully saturated rings. The van der Waals surface area contributed by atoms with Crippen LogP contribution in [-0.4, -0.2) is 50.8 Å². The van der Waals surface area contributed by atoms with E-state index in [1.807, 2.05) is 6.92 Å². The van der Waals surface area contributed by atoms with Crippen LogP contribution < -0.4 is 11.3 Å². The lowest BCUT2D eigenvalue weighted by molar-refractivity contribution is 0.0480. The molecule has 0 aliphatic carbocycles. The minimum atomic E-state index is -0.174. The van der Waals surface area contributed by atoms with Gasteiger partial charge >= 0.3 is 0 Å². The summed E-state index contributed by atoms with van der Waals surface area (Å²) in [7, 11) is 3.19. The molecule has 1 aromatic carbocycles. The lowest BCUT2D eigenvalue weighted by atomic mass is 10.1. The molecule has 1 rings (SSSR count). The molecule has 0 radical (unpaired) electrons. The molecule has 0 saturated heterocycles. The summed E-state index contributed by atoms with van der Waals surface area (Å²) in [6.45, 7) is 3.24. The number of nitrogen functional groups attached to an aromatic ring is 1. The van der Waals surface area contributed by atoms with Gasteiger partial charge in [0, 0.05) is 25.8 Å². The molecule has 0 heterocycles. The third-order valence-electron chi connectivity index (χ3n) is 3.10. The summed E-state index contributed by atoms with van der Waals surface area (Å²) < 4.78 is 10.2. The maximum Gasteiger partial charge on any atom is 0.256 e. The van der Waals surface area contributed by atoms with E-state index in [4.69, 9.17) is 26.9 Å². The highest BCUT2D eigenvalue weighted by Gasteiger charge is 2.23. The summed E-state index contributed by atoms with van der Waals surface area (Å²) in [5, 5.41) is 0.475. The number of methoxy groups -OCH3 is 2. The van der Waals surface area contributed by atoms with Crippen LogP contribution in [0.4, 0.5) is 5.69 Å². The van der Waals surface area contributed by atoms with E-state index in [0.717, 1.165) is 0 Å². The standard InChI is InChI=1S/C14H22ClN3O3/c1-10(9-21-3)18(6-7-20-2)14(19)12-8-11(15)4-5-13(12)17-16/h4-5,8,10,17H,6-7,9,16H2,1-3H3. The van der Waals surface area contributed by atoms with E-state index in [1.165, 1.54) is 0 Å². The van der Waals surface area contributed by atoms with Crippen molar-refractivity contribution < 1.29 is 14.3 Å². The molecule has 0 spiro atoms. The first-order valence-electron chi connectivity index (χ1n) is 6.60. The topological polar surface area (TPSA) is 76.8 Å². The van der Waals surface area contributed by atoms with Crippen molar-refractivity contribution in [3.63, 3.8) is 0 Å². The van der Waals surface area contributed by atoms with Gasteiger partial charge in [-0.1, -0.05) is 11.6 Å². The van der Waals surface area contributed by atoms with Crippen molar-refractivity contribution >= 4 is 23.2 Å². The van der Waals surface area contributed by atoms with Crippen molar-refractivity contribution in [3.8, 4) is 0 Å². The van der Waals surface area contributed by atoms with Gasteiger partial charge in [0.2, 0.25) is 0 Å². The Morgan fingerprint density at radius 1 is 1.43 bits per heavy atom. The van der Waals surface area contributed by atoms with Gasteiger partial charge in [0.1, 0.15) is 0 Å². The number of anilines is 1. The zero-order valence-corrected chi connectivity index (χ0v) is 13.3. The molecule has 0 aromatic heterocycles. The third-order valence-corrected chi connectivity index (χ3v) is 3.34. The Morgan fingerprint density at radius 2 is 2.14 bits per heavy atom. The fourth-order valence-corrected chi connectivity index (χ4v) is 2.19. The maximum atomic E-state index is 12.8. The predicted molar refractivity (Wildman–Crippen MR) is 83.5 cm³/mol. The van der Waals surface area contributed by atoms with Crippen LogP contribution in [0, 0.1) is 0 Å². The van der Waals surface area contributed by atoms with Gasteiger partial charge < -0.3 is 19.8 Å². The predicted octanol–water partition coefficient (Wildman–Crippen LogP) is 1.75. The van der Waals surface area contributed by atoms with Crippen molar-refractivity contribution in [2.24, 2.45) is 5.84 Å². The highest BCUT2D eigenvalue weighted by molar-refractivity contribution is 6.31. The van der Waals surface area contributed by atoms with Crippen LogP contribution in [-0.2, 0) is 9.47 Å². The minimum absolute atomic E-state index is 0.0951. The van der Waals surface area contributed by atoms with E-state index in [-0.39, 0.29) is 11.9 Å². The van der Waals surface area contributed by atoms with Crippen LogP contribution in [0.1, 0.15) is 17.3 Å². The van der Waals surface area contributed by atoms with E-state index in [9.17, 15) is 4.79 Å². The summed E-state index contributed by atoms with van der Waals surface area (Å²) in [5.41, 5.74) is 3.46. The number of hydrogen-bond donors (Lipinski definition) is 2. The molecule has 1 atom stereocenters. The Morgan fingerprint density at radius 3 is 2.71 bits per heavy atom. The van der Waals surface area contributed by atoms with Crippen molar-refractivity contribution in [1.82, 2.24) is 4.90 Å². The molecule has 0 aliphatic rings. The van der Waals surface area contributed by atoms with Crippen LogP contribution in [0.3, 0.4) is 0 Å². The quantitative estimate of drug-likeness (QED) is 0.564. The molecule has 21 heavy (non-hydrogen) atoms. The molecular weight excluding hydrogens is 294 g/mol. The molecule has 1 unspecified atom stereocenters. The molecular formula is C14H22ClN3O3. The zero-order valence-electron chi connectivity index (χ0n) is 12.6. The highest BCUT2D eigenvalue weighted by atomic mass is 35.5. The second-order valence-corrected chi connectivity index (χ2v) is 5.07. The third kappa shape index (κ3) is 4.86. The number of carbonyl (C=O) groups excluding carboxylic acids is 1. The Balaban J connectivity index is 3.06. The van der Waals surface area contributed by atoms with E-state index < -0.39 is 0 Å². The van der Waals surface area contributed by atoms with E-state index in [0.29, 0.717) is 36.0 Å². The van der Waals surface area contributed by atoms with Gasteiger partial charge in [0.15, 0.2) is 0 Å². The molecule has 0 bridgehead atoms. The average molecular weight is 316 g/mol. The van der Waals surface area contributed by atoms with E-state index in [1.54, 1.807) is 37.3 Å². The fraction of sp³-hybridized carbons (Fsp3) is 0.500. The SMILES string of the molecule is COCCN(C(=O)c1cc(Cl)ccc1NN)C(C)COC. The largest absolute Gasteiger partial charge is 0.383 e. The normalized spacial score (nSPS) is 12.0. The monoisotopic (exact) mass is 315 g/mol. The summed E-state index contributed by atoms with van der Waals surface area (Å²) in [6, 6.07) is 4.84. The first-order chi connectivity index (χ1) is 10.0. The first-order valence-corrected chi connectivity index (χ1v) is 6.98. The summed E-state index contributed by atoms with van der Waals surface area (Å²) >= 11 is 5.98. The van der Waals surface area contributed by atoms with Crippen molar-refractivity contribution in [3.05, 3.63) is 28.8 Å². The number of nitrogens with zero attached hydrogens (tertiary/aromatic N) is 1. The maximum absolute atomic E-state index is 12.8. The first kappa shape index (κ1) is 17.7.